The van der Waals surface area contributed by atoms with Gasteiger partial charge in [-0.3, -0.25) is 19.5 Å². The smallest absolute Gasteiger partial charge is 0.411 e. The van der Waals surface area contributed by atoms with Gasteiger partial charge in [-0.05, 0) is 78.4 Å². The van der Waals surface area contributed by atoms with Crippen LogP contribution in [0.1, 0.15) is 74.7 Å². The summed E-state index contributed by atoms with van der Waals surface area (Å²) in [7, 11) is 5.02. The van der Waals surface area contributed by atoms with Crippen LogP contribution in [0.5, 0.6) is 0 Å². The van der Waals surface area contributed by atoms with E-state index in [9.17, 15) is 24.3 Å². The highest BCUT2D eigenvalue weighted by Gasteiger charge is 2.61. The molecule has 59 heavy (non-hydrogen) atoms. The number of nitrogens with zero attached hydrogens (tertiary/aromatic N) is 7. The maximum atomic E-state index is 16.9. The second kappa shape index (κ2) is 18.2. The van der Waals surface area contributed by atoms with Gasteiger partial charge in [0.25, 0.3) is 5.67 Å². The molecule has 0 spiro atoms. The summed E-state index contributed by atoms with van der Waals surface area (Å²) in [4.78, 5) is 65.4. The van der Waals surface area contributed by atoms with Crippen molar-refractivity contribution >= 4 is 23.6 Å². The van der Waals surface area contributed by atoms with E-state index in [-0.39, 0.29) is 43.9 Å². The first-order chi connectivity index (χ1) is 27.7. The average molecular weight is 830 g/mol. The van der Waals surface area contributed by atoms with E-state index in [0.717, 1.165) is 6.92 Å². The summed E-state index contributed by atoms with van der Waals surface area (Å²) in [5.41, 5.74) is -5.76. The molecule has 0 radical (unpaired) electrons. The van der Waals surface area contributed by atoms with Gasteiger partial charge in [0.15, 0.2) is 17.7 Å². The van der Waals surface area contributed by atoms with E-state index >= 15 is 4.39 Å². The third-order valence-corrected chi connectivity index (χ3v) is 12.3. The van der Waals surface area contributed by atoms with Crippen LogP contribution in [0.3, 0.4) is 0 Å². The molecule has 3 aliphatic heterocycles. The molecule has 18 heteroatoms. The molecule has 3 saturated heterocycles. The molecule has 326 valence electrons. The van der Waals surface area contributed by atoms with Crippen molar-refractivity contribution in [3.05, 3.63) is 36.5 Å². The van der Waals surface area contributed by atoms with Crippen LogP contribution in [-0.2, 0) is 44.6 Å². The maximum Gasteiger partial charge on any atom is 0.411 e. The Labute approximate surface area is 344 Å². The first-order valence-corrected chi connectivity index (χ1v) is 20.2. The van der Waals surface area contributed by atoms with Crippen molar-refractivity contribution in [2.75, 3.05) is 27.7 Å². The number of tetrazole rings is 1. The van der Waals surface area contributed by atoms with Crippen molar-refractivity contribution in [3.63, 3.8) is 0 Å². The summed E-state index contributed by atoms with van der Waals surface area (Å²) in [6.07, 6.45) is -0.581. The number of Topliss-reactive ketones (excluding diaryl/α,β-unsaturated/α-hetero) is 2. The van der Waals surface area contributed by atoms with Crippen molar-refractivity contribution in [1.82, 2.24) is 35.0 Å². The van der Waals surface area contributed by atoms with Gasteiger partial charge in [0.2, 0.25) is 5.82 Å². The second-order valence-electron chi connectivity index (χ2n) is 16.9. The van der Waals surface area contributed by atoms with Crippen LogP contribution in [0, 0.1) is 17.8 Å². The minimum absolute atomic E-state index is 0.0180. The topological polar surface area (TPSA) is 198 Å². The Morgan fingerprint density at radius 1 is 1.05 bits per heavy atom. The Balaban J connectivity index is 1.49. The predicted octanol–water partition coefficient (Wildman–Crippen LogP) is 3.59. The van der Waals surface area contributed by atoms with Gasteiger partial charge in [-0.25, -0.2) is 14.0 Å². The van der Waals surface area contributed by atoms with Gasteiger partial charge in [0.1, 0.15) is 23.7 Å². The quantitative estimate of drug-likeness (QED) is 0.207. The van der Waals surface area contributed by atoms with Gasteiger partial charge in [0, 0.05) is 43.6 Å². The lowest BCUT2D eigenvalue weighted by molar-refractivity contribution is -0.295. The number of rotatable bonds is 10. The number of amides is 1. The normalized spacial score (nSPS) is 37.7. The zero-order valence-electron chi connectivity index (χ0n) is 35.9. The molecule has 3 aliphatic rings. The molecule has 5 heterocycles. The Morgan fingerprint density at radius 2 is 1.75 bits per heavy atom. The number of likely N-dealkylation sites (N-methyl/N-ethyl adjacent to an activating group) is 1. The SMILES string of the molecule is CC[C@H]1OC(=O)[C@@](C)(F)C(=O)[C@H](C)[C@@H](O[C@@H]2O[C@H](C)CC(N(C)C)C2O)[C@](C)(OC)C[C@@H](C)C(=O)[C@H](C)[C@H]2N(C/C=C/Cn3nnc(-c4ccccn4)n3)C(=O)O[C@]12C. The average Bonchev–Trinajstić information content (AvgIpc) is 3.78. The van der Waals surface area contributed by atoms with E-state index < -0.39 is 83.1 Å². The number of aliphatic hydroxyl groups excluding tert-OH is 1. The molecule has 17 nitrogen and oxygen atoms in total. The van der Waals surface area contributed by atoms with Crippen LogP contribution >= 0.6 is 0 Å². The van der Waals surface area contributed by atoms with Crippen molar-refractivity contribution in [1.29, 1.82) is 0 Å². The summed E-state index contributed by atoms with van der Waals surface area (Å²) in [5.74, 6) is -5.64. The zero-order valence-corrected chi connectivity index (χ0v) is 35.9. The summed E-state index contributed by atoms with van der Waals surface area (Å²) in [6, 6.07) is 3.97. The van der Waals surface area contributed by atoms with E-state index in [0.29, 0.717) is 17.9 Å². The molecule has 2 aromatic heterocycles. The molecule has 2 aromatic rings. The second-order valence-corrected chi connectivity index (χ2v) is 16.9. The Morgan fingerprint density at radius 3 is 2.37 bits per heavy atom. The molecule has 3 fully saturated rings. The molecule has 0 aliphatic carbocycles. The number of alkyl halides is 1. The number of hydrogen-bond donors (Lipinski definition) is 1. The molecule has 0 aromatic carbocycles. The number of methoxy groups -OCH3 is 1. The van der Waals surface area contributed by atoms with E-state index in [2.05, 4.69) is 20.4 Å². The molecular formula is C41H60FN7O10. The number of hydrogen-bond acceptors (Lipinski definition) is 15. The first kappa shape index (κ1) is 45.8. The maximum absolute atomic E-state index is 16.9. The number of aliphatic hydroxyl groups is 1. The van der Waals surface area contributed by atoms with Crippen LogP contribution in [-0.4, -0.2) is 151 Å². The van der Waals surface area contributed by atoms with Gasteiger partial charge in [-0.1, -0.05) is 45.9 Å². The van der Waals surface area contributed by atoms with Gasteiger partial charge >= 0.3 is 12.1 Å². The molecule has 0 bridgehead atoms. The molecule has 13 atom stereocenters. The fourth-order valence-electron chi connectivity index (χ4n) is 8.95. The lowest BCUT2D eigenvalue weighted by Crippen LogP contribution is -2.61. The third kappa shape index (κ3) is 9.26. The van der Waals surface area contributed by atoms with Gasteiger partial charge in [-0.15, -0.1) is 10.2 Å². The van der Waals surface area contributed by atoms with Crippen LogP contribution in [0.4, 0.5) is 9.18 Å². The van der Waals surface area contributed by atoms with Crippen LogP contribution in [0.2, 0.25) is 0 Å². The molecule has 1 N–H and O–H groups in total. The highest BCUT2D eigenvalue weighted by atomic mass is 19.1. The van der Waals surface area contributed by atoms with Crippen molar-refractivity contribution < 1.29 is 52.4 Å². The van der Waals surface area contributed by atoms with Gasteiger partial charge < -0.3 is 33.7 Å². The summed E-state index contributed by atoms with van der Waals surface area (Å²) >= 11 is 0. The fourth-order valence-corrected chi connectivity index (χ4v) is 8.95. The largest absolute Gasteiger partial charge is 0.455 e. The number of aromatic nitrogens is 5. The standard InChI is InChI=1S/C41H60FN7O10/c1-12-29-41(8)32(48(38(54)59-41)19-15-16-20-49-45-35(44-46-49)27-17-13-14-18-43-27)25(4)30(50)23(2)22-39(6,55-11)34(26(5)33(52)40(7,42)37(53)57-29)58-36-31(51)28(47(9)10)21-24(3)56-36/h13-18,23-26,28-29,31-32,34,36,51H,12,19-22H2,1-11H3/b16-15+/t23-,24-,25+,26+,28?,29-,31?,32-,34-,36+,39-,40+,41-/m1/s1. The van der Waals surface area contributed by atoms with Gasteiger partial charge in [0.05, 0.1) is 30.4 Å². The van der Waals surface area contributed by atoms with Crippen molar-refractivity contribution in [3.8, 4) is 11.5 Å². The van der Waals surface area contributed by atoms with E-state index in [1.54, 1.807) is 65.1 Å². The number of cyclic esters (lactones) is 1. The number of carbonyl (C=O) groups is 4. The van der Waals surface area contributed by atoms with Crippen LogP contribution in [0.15, 0.2) is 36.5 Å². The molecule has 2 unspecified atom stereocenters. The summed E-state index contributed by atoms with van der Waals surface area (Å²) < 4.78 is 47.3. The number of halogens is 1. The zero-order chi connectivity index (χ0) is 43.6. The minimum atomic E-state index is -3.20. The van der Waals surface area contributed by atoms with E-state index in [4.69, 9.17) is 23.7 Å². The van der Waals surface area contributed by atoms with Crippen LogP contribution in [0.25, 0.3) is 11.5 Å². The summed E-state index contributed by atoms with van der Waals surface area (Å²) in [6.45, 7) is 12.5. The minimum Gasteiger partial charge on any atom is -0.455 e. The number of pyridine rings is 1. The lowest BCUT2D eigenvalue weighted by atomic mass is 9.73. The predicted molar refractivity (Wildman–Crippen MR) is 210 cm³/mol. The Hall–Kier alpha value is -4.23. The Kier molecular flexibility index (Phi) is 14.1. The molecule has 1 amide bonds. The number of allylic oxidation sites excluding steroid dienone is 1. The van der Waals surface area contributed by atoms with Gasteiger partial charge in [-0.2, -0.15) is 4.80 Å². The number of ketones is 2. The highest BCUT2D eigenvalue weighted by Crippen LogP contribution is 2.43. The monoisotopic (exact) mass is 829 g/mol. The van der Waals surface area contributed by atoms with Crippen molar-refractivity contribution in [2.24, 2.45) is 17.8 Å². The number of esters is 1. The first-order valence-electron chi connectivity index (χ1n) is 20.2. The number of fused-ring (bicyclic) bond motifs is 1. The van der Waals surface area contributed by atoms with Crippen LogP contribution < -0.4 is 0 Å². The number of carbonyl (C=O) groups excluding carboxylic acids is 4. The van der Waals surface area contributed by atoms with E-state index in [1.807, 2.05) is 32.0 Å². The molecule has 5 rings (SSSR count). The number of ether oxygens (including phenoxy) is 5. The van der Waals surface area contributed by atoms with Crippen molar-refractivity contribution in [2.45, 2.75) is 141 Å². The highest BCUT2D eigenvalue weighted by molar-refractivity contribution is 6.08. The lowest BCUT2D eigenvalue weighted by Gasteiger charge is -2.47. The summed E-state index contributed by atoms with van der Waals surface area (Å²) in [5, 5.41) is 23.9. The molecular weight excluding hydrogens is 769 g/mol. The fraction of sp³-hybridized carbons (Fsp3) is 0.707. The molecule has 0 saturated carbocycles. The van der Waals surface area contributed by atoms with E-state index in [1.165, 1.54) is 23.7 Å². The Bertz CT molecular complexity index is 1850. The third-order valence-electron chi connectivity index (χ3n) is 12.3.